The molecule has 276 valence electrons. The Kier molecular flexibility index (Phi) is 18.5. The summed E-state index contributed by atoms with van der Waals surface area (Å²) >= 11 is 0. The molecule has 4 rings (SSSR count). The lowest BCUT2D eigenvalue weighted by molar-refractivity contribution is -0.144. The van der Waals surface area contributed by atoms with Gasteiger partial charge in [0.1, 0.15) is 6.29 Å². The number of hydrogen-bond acceptors (Lipinski definition) is 9. The molecular formula is C35H62N4O9. The number of amides is 4. The standard InChI is InChI=1S/C9H15NO3.2C9H17NO2.C8H13NO2/c1-6(13-2)8-7(4-3-5-11)10-9(8)12;2*1-5(2)8-7(6(3)12-4)9(11)10-8;1-4-6-7(5(2)11-3)8(10)9-6/h5-8H,3-4H2,1-2H3,(H,10,12);2*5-8H,1-4H3,(H,10,11);4-7H,1H2,2-3H3,(H,9,10)/t6?,7?,8-;2*6?,7-,8?;5?,6?,7-/m1111/s1. The van der Waals surface area contributed by atoms with Crippen LogP contribution in [0.15, 0.2) is 12.7 Å². The minimum Gasteiger partial charge on any atom is -0.381 e. The Morgan fingerprint density at radius 2 is 0.938 bits per heavy atom. The molecule has 0 spiro atoms. The van der Waals surface area contributed by atoms with Gasteiger partial charge in [0, 0.05) is 53.0 Å². The van der Waals surface area contributed by atoms with Crippen LogP contribution in [0.1, 0.15) is 68.2 Å². The van der Waals surface area contributed by atoms with Gasteiger partial charge in [0.05, 0.1) is 54.1 Å². The lowest BCUT2D eigenvalue weighted by Gasteiger charge is -2.42. The number of carbonyl (C=O) groups is 5. The highest BCUT2D eigenvalue weighted by molar-refractivity contribution is 5.88. The molecule has 4 N–H and O–H groups in total. The van der Waals surface area contributed by atoms with Gasteiger partial charge in [-0.1, -0.05) is 33.8 Å². The lowest BCUT2D eigenvalue weighted by atomic mass is 9.79. The Bertz CT molecular complexity index is 1030. The predicted octanol–water partition coefficient (Wildman–Crippen LogP) is 2.02. The van der Waals surface area contributed by atoms with Gasteiger partial charge in [0.15, 0.2) is 0 Å². The van der Waals surface area contributed by atoms with Gasteiger partial charge in [0.2, 0.25) is 23.6 Å². The number of β-lactam (4-membered cyclic amide) rings is 4. The molecule has 8 unspecified atom stereocenters. The van der Waals surface area contributed by atoms with Crippen molar-refractivity contribution in [3.8, 4) is 0 Å². The second kappa shape index (κ2) is 20.6. The second-order valence-corrected chi connectivity index (χ2v) is 13.6. The Labute approximate surface area is 287 Å². The van der Waals surface area contributed by atoms with E-state index in [-0.39, 0.29) is 83.8 Å². The van der Waals surface area contributed by atoms with Crippen LogP contribution in [0.25, 0.3) is 0 Å². The van der Waals surface area contributed by atoms with Crippen LogP contribution in [0.3, 0.4) is 0 Å². The van der Waals surface area contributed by atoms with Crippen molar-refractivity contribution in [2.24, 2.45) is 35.5 Å². The fourth-order valence-electron chi connectivity index (χ4n) is 6.22. The Balaban J connectivity index is 0.000000320. The number of ether oxygens (including phenoxy) is 4. The van der Waals surface area contributed by atoms with Gasteiger partial charge in [-0.15, -0.1) is 6.58 Å². The second-order valence-electron chi connectivity index (χ2n) is 13.6. The molecule has 0 saturated carbocycles. The molecule has 4 heterocycles. The summed E-state index contributed by atoms with van der Waals surface area (Å²) in [5.41, 5.74) is 0. The molecule has 0 aromatic heterocycles. The summed E-state index contributed by atoms with van der Waals surface area (Å²) in [5, 5.41) is 11.3. The molecule has 4 aliphatic heterocycles. The number of nitrogens with one attached hydrogen (secondary N) is 4. The third-order valence-electron chi connectivity index (χ3n) is 9.86. The third kappa shape index (κ3) is 11.1. The SMILES string of the molecule is C=CC1NC(=O)[C@@H]1C(C)OC.COC(C)[C@H]1C(=O)NC1C(C)C.COC(C)[C@H]1C(=O)NC1C(C)C.COC(C)[C@H]1C(=O)NC1CCC=O. The molecule has 4 fully saturated rings. The molecule has 4 aliphatic rings. The summed E-state index contributed by atoms with van der Waals surface area (Å²) in [6.45, 7) is 19.7. The van der Waals surface area contributed by atoms with E-state index in [1.165, 1.54) is 0 Å². The van der Waals surface area contributed by atoms with Crippen molar-refractivity contribution >= 4 is 29.9 Å². The Hall–Kier alpha value is -2.87. The van der Waals surface area contributed by atoms with Gasteiger partial charge in [0.25, 0.3) is 0 Å². The first-order chi connectivity index (χ1) is 22.6. The van der Waals surface area contributed by atoms with E-state index in [1.54, 1.807) is 34.5 Å². The fraction of sp³-hybridized carbons (Fsp3) is 0.800. The van der Waals surface area contributed by atoms with Crippen molar-refractivity contribution < 1.29 is 42.9 Å². The van der Waals surface area contributed by atoms with Crippen molar-refractivity contribution in [2.45, 2.75) is 117 Å². The van der Waals surface area contributed by atoms with E-state index in [0.29, 0.717) is 36.8 Å². The van der Waals surface area contributed by atoms with E-state index in [9.17, 15) is 24.0 Å². The molecule has 12 atom stereocenters. The van der Waals surface area contributed by atoms with Gasteiger partial charge in [-0.05, 0) is 46.0 Å². The Morgan fingerprint density at radius 1 is 0.583 bits per heavy atom. The maximum atomic E-state index is 11.2. The average Bonchev–Trinajstić information content (AvgIpc) is 3.02. The van der Waals surface area contributed by atoms with E-state index in [0.717, 1.165) is 6.29 Å². The maximum absolute atomic E-state index is 11.2. The van der Waals surface area contributed by atoms with E-state index in [1.807, 2.05) is 27.7 Å². The zero-order chi connectivity index (χ0) is 36.9. The maximum Gasteiger partial charge on any atom is 0.228 e. The van der Waals surface area contributed by atoms with E-state index in [2.05, 4.69) is 55.5 Å². The molecule has 0 radical (unpaired) electrons. The minimum atomic E-state index is -0.0788. The predicted molar refractivity (Wildman–Crippen MR) is 183 cm³/mol. The van der Waals surface area contributed by atoms with E-state index < -0.39 is 0 Å². The lowest BCUT2D eigenvalue weighted by Crippen LogP contribution is -2.64. The monoisotopic (exact) mass is 682 g/mol. The molecule has 4 saturated heterocycles. The molecule has 13 heteroatoms. The van der Waals surface area contributed by atoms with Crippen LogP contribution in [0.2, 0.25) is 0 Å². The van der Waals surface area contributed by atoms with Crippen molar-refractivity contribution in [2.75, 3.05) is 28.4 Å². The zero-order valence-corrected chi connectivity index (χ0v) is 31.0. The van der Waals surface area contributed by atoms with Gasteiger partial charge in [-0.25, -0.2) is 0 Å². The highest BCUT2D eigenvalue weighted by Crippen LogP contribution is 2.27. The van der Waals surface area contributed by atoms with Gasteiger partial charge >= 0.3 is 0 Å². The van der Waals surface area contributed by atoms with Crippen LogP contribution in [0.5, 0.6) is 0 Å². The van der Waals surface area contributed by atoms with E-state index >= 15 is 0 Å². The number of carbonyl (C=O) groups excluding carboxylic acids is 5. The smallest absolute Gasteiger partial charge is 0.228 e. The molecule has 0 aliphatic carbocycles. The van der Waals surface area contributed by atoms with Crippen LogP contribution < -0.4 is 21.3 Å². The summed E-state index contributed by atoms with van der Waals surface area (Å²) in [6, 6.07) is 0.810. The topological polar surface area (TPSA) is 170 Å². The summed E-state index contributed by atoms with van der Waals surface area (Å²) < 4.78 is 20.4. The molecule has 0 bridgehead atoms. The highest BCUT2D eigenvalue weighted by Gasteiger charge is 2.46. The summed E-state index contributed by atoms with van der Waals surface area (Å²) in [5.74, 6) is 1.31. The van der Waals surface area contributed by atoms with Crippen LogP contribution in [0, 0.1) is 35.5 Å². The van der Waals surface area contributed by atoms with Crippen LogP contribution in [-0.2, 0) is 42.9 Å². The van der Waals surface area contributed by atoms with Crippen LogP contribution >= 0.6 is 0 Å². The van der Waals surface area contributed by atoms with Crippen molar-refractivity contribution in [1.29, 1.82) is 0 Å². The summed E-state index contributed by atoms with van der Waals surface area (Å²) in [4.78, 5) is 54.5. The number of rotatable bonds is 14. The normalized spacial score (nSPS) is 30.8. The number of aldehydes is 1. The fourth-order valence-corrected chi connectivity index (χ4v) is 6.22. The van der Waals surface area contributed by atoms with Crippen LogP contribution in [0.4, 0.5) is 0 Å². The number of hydrogen-bond donors (Lipinski definition) is 4. The average molecular weight is 683 g/mol. The van der Waals surface area contributed by atoms with Gasteiger partial charge in [-0.3, -0.25) is 19.2 Å². The van der Waals surface area contributed by atoms with Gasteiger partial charge < -0.3 is 45.0 Å². The largest absolute Gasteiger partial charge is 0.381 e. The minimum absolute atomic E-state index is 0.0215. The van der Waals surface area contributed by atoms with Crippen LogP contribution in [-0.4, -0.2) is 107 Å². The van der Waals surface area contributed by atoms with Crippen molar-refractivity contribution in [1.82, 2.24) is 21.3 Å². The third-order valence-corrected chi connectivity index (χ3v) is 9.86. The molecule has 13 nitrogen and oxygen atoms in total. The molecule has 4 amide bonds. The zero-order valence-electron chi connectivity index (χ0n) is 31.0. The quantitative estimate of drug-likeness (QED) is 0.122. The summed E-state index contributed by atoms with van der Waals surface area (Å²) in [7, 11) is 6.49. The first-order valence-corrected chi connectivity index (χ1v) is 16.9. The summed E-state index contributed by atoms with van der Waals surface area (Å²) in [6.07, 6.45) is 3.81. The first kappa shape index (κ1) is 43.2. The Morgan fingerprint density at radius 3 is 1.23 bits per heavy atom. The van der Waals surface area contributed by atoms with Crippen molar-refractivity contribution in [3.05, 3.63) is 12.7 Å². The van der Waals surface area contributed by atoms with E-state index in [4.69, 9.17) is 18.9 Å². The highest BCUT2D eigenvalue weighted by atomic mass is 16.5. The molecular weight excluding hydrogens is 620 g/mol. The molecule has 0 aromatic carbocycles. The van der Waals surface area contributed by atoms with Gasteiger partial charge in [-0.2, -0.15) is 0 Å². The number of methoxy groups -OCH3 is 4. The van der Waals surface area contributed by atoms with Crippen molar-refractivity contribution in [3.63, 3.8) is 0 Å². The molecule has 0 aromatic rings. The first-order valence-electron chi connectivity index (χ1n) is 16.9. The molecule has 48 heavy (non-hydrogen) atoms.